The van der Waals surface area contributed by atoms with Gasteiger partial charge in [0.2, 0.25) is 0 Å². The average molecular weight is 330 g/mol. The van der Waals surface area contributed by atoms with Gasteiger partial charge < -0.3 is 0 Å². The van der Waals surface area contributed by atoms with Crippen LogP contribution in [0.5, 0.6) is 0 Å². The van der Waals surface area contributed by atoms with Crippen molar-refractivity contribution in [2.24, 2.45) is 0 Å². The Kier molecular flexibility index (Phi) is 4.76. The van der Waals surface area contributed by atoms with E-state index in [1.807, 2.05) is 0 Å². The molecule has 0 saturated heterocycles. The zero-order valence-corrected chi connectivity index (χ0v) is 11.8. The lowest BCUT2D eigenvalue weighted by Gasteiger charge is -2.14. The van der Waals surface area contributed by atoms with E-state index in [4.69, 9.17) is 15.9 Å². The Morgan fingerprint density at radius 1 is 1.42 bits per heavy atom. The van der Waals surface area contributed by atoms with Gasteiger partial charge in [-0.2, -0.15) is 18.4 Å². The second-order valence-corrected chi connectivity index (χ2v) is 6.96. The summed E-state index contributed by atoms with van der Waals surface area (Å²) in [4.78, 5) is -1.32. The van der Waals surface area contributed by atoms with Gasteiger partial charge in [0.1, 0.15) is 11.0 Å². The molecule has 9 heteroatoms. The number of hydrogen-bond acceptors (Lipinski definition) is 4. The van der Waals surface area contributed by atoms with Gasteiger partial charge in [0.15, 0.2) is 0 Å². The van der Waals surface area contributed by atoms with Gasteiger partial charge in [-0.3, -0.25) is 0 Å². The van der Waals surface area contributed by atoms with Crippen molar-refractivity contribution >= 4 is 31.5 Å². The first-order chi connectivity index (χ1) is 8.60. The number of halogens is 4. The summed E-state index contributed by atoms with van der Waals surface area (Å²) >= 11 is -0.580. The van der Waals surface area contributed by atoms with E-state index in [1.54, 1.807) is 6.92 Å². The molecule has 0 aromatic heterocycles. The van der Waals surface area contributed by atoms with E-state index in [1.165, 1.54) is 12.1 Å². The predicted molar refractivity (Wildman–Crippen MR) is 65.5 cm³/mol. The van der Waals surface area contributed by atoms with Gasteiger partial charge in [-0.15, -0.1) is 0 Å². The first kappa shape index (κ1) is 16.1. The largest absolute Gasteiger partial charge is 0.446 e. The molecule has 0 N–H and O–H groups in total. The Bertz CT molecular complexity index is 635. The molecule has 1 aromatic carbocycles. The normalized spacial score (nSPS) is 12.2. The monoisotopic (exact) mass is 329 g/mol. The van der Waals surface area contributed by atoms with Crippen molar-refractivity contribution in [1.29, 1.82) is 5.26 Å². The highest BCUT2D eigenvalue weighted by molar-refractivity contribution is 8.14. The lowest BCUT2D eigenvalue weighted by atomic mass is 10.1. The van der Waals surface area contributed by atoms with Gasteiger partial charge >= 0.3 is 5.51 Å². The van der Waals surface area contributed by atoms with Gasteiger partial charge in [0.05, 0.1) is 5.56 Å². The van der Waals surface area contributed by atoms with E-state index < -0.39 is 41.7 Å². The van der Waals surface area contributed by atoms with Gasteiger partial charge in [0, 0.05) is 15.6 Å². The molecule has 0 unspecified atom stereocenters. The summed E-state index contributed by atoms with van der Waals surface area (Å²) in [5.74, 6) is 0. The van der Waals surface area contributed by atoms with Crippen molar-refractivity contribution in [3.05, 3.63) is 23.3 Å². The van der Waals surface area contributed by atoms with Crippen molar-refractivity contribution in [2.45, 2.75) is 28.6 Å². The second kappa shape index (κ2) is 5.61. The quantitative estimate of drug-likeness (QED) is 0.627. The maximum Gasteiger partial charge on any atom is 0.446 e. The van der Waals surface area contributed by atoms with Crippen molar-refractivity contribution in [2.75, 3.05) is 0 Å². The summed E-state index contributed by atoms with van der Waals surface area (Å²) in [6, 6.07) is 3.97. The third-order valence-electron chi connectivity index (χ3n) is 2.16. The molecule has 19 heavy (non-hydrogen) atoms. The Morgan fingerprint density at radius 2 is 2.00 bits per heavy atom. The molecule has 0 saturated carbocycles. The average Bonchev–Trinajstić information content (AvgIpc) is 2.24. The van der Waals surface area contributed by atoms with Gasteiger partial charge in [-0.25, -0.2) is 8.42 Å². The topological polar surface area (TPSA) is 57.9 Å². The number of benzene rings is 1. The minimum Gasteiger partial charge on any atom is -0.207 e. The summed E-state index contributed by atoms with van der Waals surface area (Å²) in [5, 5.41) is 8.80. The fourth-order valence-corrected chi connectivity index (χ4v) is 4.02. The second-order valence-electron chi connectivity index (χ2n) is 3.38. The lowest BCUT2D eigenvalue weighted by Crippen LogP contribution is -2.07. The number of aryl methyl sites for hydroxylation is 1. The molecule has 0 heterocycles. The molecule has 0 aliphatic carbocycles. The van der Waals surface area contributed by atoms with Crippen LogP contribution in [0, 0.1) is 11.3 Å². The molecule has 1 aromatic rings. The van der Waals surface area contributed by atoms with E-state index in [9.17, 15) is 21.6 Å². The lowest BCUT2D eigenvalue weighted by molar-refractivity contribution is -0.0329. The first-order valence-corrected chi connectivity index (χ1v) is 7.99. The van der Waals surface area contributed by atoms with Crippen molar-refractivity contribution < 1.29 is 21.6 Å². The summed E-state index contributed by atoms with van der Waals surface area (Å²) in [5.41, 5.74) is -4.91. The van der Waals surface area contributed by atoms with Crippen LogP contribution in [0.4, 0.5) is 13.2 Å². The molecule has 1 rings (SSSR count). The standard InChI is InChI=1S/C10H7ClF3NO2S2/c1-2-6-3-4-7(5-15)9(19(11,16)17)8(6)18-10(12,13)14/h3-4H,2H2,1H3. The van der Waals surface area contributed by atoms with Crippen LogP contribution in [0.1, 0.15) is 18.1 Å². The number of nitriles is 1. The number of nitrogens with zero attached hydrogens (tertiary/aromatic N) is 1. The van der Waals surface area contributed by atoms with Crippen LogP contribution in [0.2, 0.25) is 0 Å². The number of rotatable bonds is 3. The van der Waals surface area contributed by atoms with E-state index in [0.29, 0.717) is 0 Å². The molecular formula is C10H7ClF3NO2S2. The zero-order chi connectivity index (χ0) is 14.8. The SMILES string of the molecule is CCc1ccc(C#N)c(S(=O)(=O)Cl)c1SC(F)(F)F. The molecule has 104 valence electrons. The third kappa shape index (κ3) is 4.03. The molecule has 0 fully saturated rings. The maximum atomic E-state index is 12.5. The predicted octanol–water partition coefficient (Wildman–Crippen LogP) is 3.66. The molecule has 0 amide bonds. The van der Waals surface area contributed by atoms with E-state index in [0.717, 1.165) is 6.07 Å². The fraction of sp³-hybridized carbons (Fsp3) is 0.300. The minimum atomic E-state index is -4.67. The summed E-state index contributed by atoms with van der Waals surface area (Å²) in [7, 11) is 0.694. The molecule has 0 bridgehead atoms. The van der Waals surface area contributed by atoms with Crippen LogP contribution in [-0.4, -0.2) is 13.9 Å². The molecule has 0 aliphatic heterocycles. The Balaban J connectivity index is 3.69. The van der Waals surface area contributed by atoms with Crippen LogP contribution in [0.3, 0.4) is 0 Å². The highest BCUT2D eigenvalue weighted by Crippen LogP contribution is 2.43. The number of alkyl halides is 3. The molecular weight excluding hydrogens is 323 g/mol. The van der Waals surface area contributed by atoms with Gasteiger partial charge in [-0.05, 0) is 29.8 Å². The van der Waals surface area contributed by atoms with E-state index in [-0.39, 0.29) is 12.0 Å². The Hall–Kier alpha value is -0.910. The first-order valence-electron chi connectivity index (χ1n) is 4.86. The van der Waals surface area contributed by atoms with Crippen LogP contribution < -0.4 is 0 Å². The molecule has 0 spiro atoms. The highest BCUT2D eigenvalue weighted by Gasteiger charge is 2.35. The van der Waals surface area contributed by atoms with Gasteiger partial charge in [-0.1, -0.05) is 13.0 Å². The number of thioether (sulfide) groups is 1. The molecule has 0 radical (unpaired) electrons. The van der Waals surface area contributed by atoms with E-state index >= 15 is 0 Å². The minimum absolute atomic E-state index is 0.167. The fourth-order valence-electron chi connectivity index (χ4n) is 1.44. The third-order valence-corrected chi connectivity index (χ3v) is 4.56. The Labute approximate surface area is 116 Å². The molecule has 0 atom stereocenters. The zero-order valence-electron chi connectivity index (χ0n) is 9.45. The number of hydrogen-bond donors (Lipinski definition) is 0. The van der Waals surface area contributed by atoms with Crippen molar-refractivity contribution in [3.8, 4) is 6.07 Å². The van der Waals surface area contributed by atoms with Crippen LogP contribution >= 0.6 is 22.4 Å². The van der Waals surface area contributed by atoms with Crippen molar-refractivity contribution in [1.82, 2.24) is 0 Å². The van der Waals surface area contributed by atoms with Crippen LogP contribution in [0.15, 0.2) is 21.9 Å². The van der Waals surface area contributed by atoms with Crippen molar-refractivity contribution in [3.63, 3.8) is 0 Å². The summed E-state index contributed by atoms with van der Waals surface area (Å²) in [6.45, 7) is 1.58. The van der Waals surface area contributed by atoms with Gasteiger partial charge in [0.25, 0.3) is 9.05 Å². The van der Waals surface area contributed by atoms with Crippen LogP contribution in [-0.2, 0) is 15.5 Å². The Morgan fingerprint density at radius 3 is 2.37 bits per heavy atom. The molecule has 0 aliphatic rings. The highest BCUT2D eigenvalue weighted by atomic mass is 35.7. The summed E-state index contributed by atoms with van der Waals surface area (Å²) in [6.07, 6.45) is 0.184. The smallest absolute Gasteiger partial charge is 0.207 e. The molecule has 3 nitrogen and oxygen atoms in total. The van der Waals surface area contributed by atoms with Crippen LogP contribution in [0.25, 0.3) is 0 Å². The summed E-state index contributed by atoms with van der Waals surface area (Å²) < 4.78 is 60.4. The van der Waals surface area contributed by atoms with E-state index in [2.05, 4.69) is 0 Å². The maximum absolute atomic E-state index is 12.5.